The largest absolute Gasteiger partial charge is 0.382 e. The molecule has 2 atom stereocenters. The van der Waals surface area contributed by atoms with Crippen LogP contribution in [0.4, 0.5) is 0 Å². The molecule has 8 heteroatoms. The molecule has 6 heterocycles. The molecule has 230 valence electrons. The first kappa shape index (κ1) is 26.9. The smallest absolute Gasteiger partial charge is 0.198 e. The third-order valence-corrected chi connectivity index (χ3v) is 9.89. The third-order valence-electron chi connectivity index (χ3n) is 9.89. The molecule has 2 aliphatic heterocycles. The molecule has 0 fully saturated rings. The van der Waals surface area contributed by atoms with Crippen LogP contribution in [0.3, 0.4) is 0 Å². The second kappa shape index (κ2) is 9.65. The number of aromatic amines is 4. The quantitative estimate of drug-likeness (QED) is 0.154. The van der Waals surface area contributed by atoms with Gasteiger partial charge < -0.3 is 30.1 Å². The molecule has 0 amide bonds. The van der Waals surface area contributed by atoms with Gasteiger partial charge in [0, 0.05) is 65.2 Å². The predicted molar refractivity (Wildman–Crippen MR) is 186 cm³/mol. The van der Waals surface area contributed by atoms with Crippen molar-refractivity contribution in [2.24, 2.45) is 0 Å². The summed E-state index contributed by atoms with van der Waals surface area (Å²) >= 11 is 0. The van der Waals surface area contributed by atoms with Crippen LogP contribution in [0.15, 0.2) is 97.1 Å². The number of hydrogen-bond donors (Lipinski definition) is 6. The number of hydrogen-bond acceptors (Lipinski definition) is 4. The highest BCUT2D eigenvalue weighted by Crippen LogP contribution is 2.34. The second-order valence-electron chi connectivity index (χ2n) is 12.5. The number of carbonyl (C=O) groups excluding carboxylic acids is 2. The van der Waals surface area contributed by atoms with E-state index in [1.165, 1.54) is 0 Å². The summed E-state index contributed by atoms with van der Waals surface area (Å²) in [6, 6.07) is 31.2. The summed E-state index contributed by atoms with van der Waals surface area (Å²) < 4.78 is 0. The van der Waals surface area contributed by atoms with Crippen molar-refractivity contribution < 1.29 is 19.8 Å². The number of rotatable bonds is 0. The van der Waals surface area contributed by atoms with Crippen molar-refractivity contribution in [3.05, 3.63) is 141 Å². The Morgan fingerprint density at radius 3 is 1.19 bits per heavy atom. The van der Waals surface area contributed by atoms with Gasteiger partial charge in [0.1, 0.15) is 0 Å². The molecule has 4 aromatic carbocycles. The molecule has 0 aliphatic carbocycles. The lowest BCUT2D eigenvalue weighted by Gasteiger charge is -2.18. The van der Waals surface area contributed by atoms with Gasteiger partial charge >= 0.3 is 0 Å². The molecule has 6 N–H and O–H groups in total. The molecule has 0 saturated heterocycles. The lowest BCUT2D eigenvalue weighted by atomic mass is 9.90. The van der Waals surface area contributed by atoms with E-state index in [2.05, 4.69) is 32.1 Å². The van der Waals surface area contributed by atoms with Crippen LogP contribution in [0, 0.1) is 0 Å². The van der Waals surface area contributed by atoms with Crippen LogP contribution in [0.5, 0.6) is 0 Å². The Kier molecular flexibility index (Phi) is 5.42. The Morgan fingerprint density at radius 1 is 0.417 bits per heavy atom. The summed E-state index contributed by atoms with van der Waals surface area (Å²) in [4.78, 5) is 43.1. The van der Waals surface area contributed by atoms with Gasteiger partial charge in [-0.05, 0) is 12.2 Å². The second-order valence-corrected chi connectivity index (χ2v) is 12.5. The van der Waals surface area contributed by atoms with E-state index in [4.69, 9.17) is 0 Å². The number of Topliss-reactive ketones (excluding diaryl/α,β-unsaturated/α-hetero) is 2. The van der Waals surface area contributed by atoms with Gasteiger partial charge in [-0.2, -0.15) is 0 Å². The first-order chi connectivity index (χ1) is 23.5. The Balaban J connectivity index is 1.54. The van der Waals surface area contributed by atoms with Crippen molar-refractivity contribution in [2.45, 2.75) is 12.2 Å². The minimum absolute atomic E-state index is 0.156. The average molecular weight is 627 g/mol. The number of nitrogens with one attached hydrogen (secondary N) is 4. The van der Waals surface area contributed by atoms with Crippen molar-refractivity contribution in [2.75, 3.05) is 0 Å². The zero-order chi connectivity index (χ0) is 32.3. The van der Waals surface area contributed by atoms with Gasteiger partial charge in [0.2, 0.25) is 0 Å². The van der Waals surface area contributed by atoms with Crippen molar-refractivity contribution in [1.29, 1.82) is 0 Å². The Morgan fingerprint density at radius 2 is 0.771 bits per heavy atom. The maximum Gasteiger partial charge on any atom is 0.198 e. The van der Waals surface area contributed by atoms with Crippen LogP contribution in [0.25, 0.3) is 66.4 Å². The third kappa shape index (κ3) is 3.55. The van der Waals surface area contributed by atoms with Crippen LogP contribution in [-0.2, 0) is 9.59 Å². The summed E-state index contributed by atoms with van der Waals surface area (Å²) in [5.74, 6) is -1.53. The standard InChI is InChI=1S/C40H26N4O4/c45-37-31-33-23-13-5-3-11-21(23)29(42-33)17-27-19-9-1-2-10-20(19)28(41-27)18-30-22-12-4-6-14-24(22)34(43-30)32(38(46)40(48)39(37)47)36-26-16-8-7-15-25(26)35(31)44-36/h1-18,39-44,47-48H/t39-,40+. The monoisotopic (exact) mass is 626 g/mol. The van der Waals surface area contributed by atoms with Crippen LogP contribution in [0.1, 0.15) is 22.8 Å². The minimum Gasteiger partial charge on any atom is -0.382 e. The number of aliphatic hydroxyl groups is 2. The molecule has 4 aromatic heterocycles. The first-order valence-corrected chi connectivity index (χ1v) is 15.8. The van der Waals surface area contributed by atoms with E-state index in [0.29, 0.717) is 32.9 Å². The van der Waals surface area contributed by atoms with Gasteiger partial charge in [-0.1, -0.05) is 97.1 Å². The highest BCUT2D eigenvalue weighted by Gasteiger charge is 2.39. The number of aromatic nitrogens is 4. The molecule has 48 heavy (non-hydrogen) atoms. The molecular formula is C40H26N4O4. The van der Waals surface area contributed by atoms with E-state index < -0.39 is 23.8 Å². The lowest BCUT2D eigenvalue weighted by Crippen LogP contribution is -2.42. The number of ketones is 2. The van der Waals surface area contributed by atoms with Gasteiger partial charge in [-0.15, -0.1) is 0 Å². The van der Waals surface area contributed by atoms with E-state index >= 15 is 0 Å². The van der Waals surface area contributed by atoms with Crippen molar-refractivity contribution in [3.63, 3.8) is 0 Å². The summed E-state index contributed by atoms with van der Waals surface area (Å²) in [7, 11) is 0. The van der Waals surface area contributed by atoms with Gasteiger partial charge in [-0.25, -0.2) is 0 Å². The Bertz CT molecular complexity index is 2790. The molecule has 0 saturated carbocycles. The lowest BCUT2D eigenvalue weighted by molar-refractivity contribution is -0.136. The molecule has 8 aromatic rings. The topological polar surface area (TPSA) is 138 Å². The summed E-state index contributed by atoms with van der Waals surface area (Å²) in [5.41, 5.74) is 2.96. The average Bonchev–Trinajstić information content (AvgIpc) is 3.87. The fourth-order valence-corrected chi connectivity index (χ4v) is 7.68. The summed E-state index contributed by atoms with van der Waals surface area (Å²) in [5, 5.41) is 32.2. The highest BCUT2D eigenvalue weighted by atomic mass is 16.3. The maximum absolute atomic E-state index is 14.5. The van der Waals surface area contributed by atoms with Crippen LogP contribution in [0.2, 0.25) is 0 Å². The van der Waals surface area contributed by atoms with Crippen molar-refractivity contribution in [3.8, 4) is 0 Å². The molecule has 10 bridgehead atoms. The molecule has 0 radical (unpaired) electrons. The van der Waals surface area contributed by atoms with Crippen LogP contribution < -0.4 is 21.4 Å². The highest BCUT2D eigenvalue weighted by molar-refractivity contribution is 6.33. The summed E-state index contributed by atoms with van der Waals surface area (Å²) in [6.07, 6.45) is 0.0374. The van der Waals surface area contributed by atoms with E-state index in [-0.39, 0.29) is 11.1 Å². The predicted octanol–water partition coefficient (Wildman–Crippen LogP) is 2.85. The molecule has 0 unspecified atom stereocenters. The number of H-pyrrole nitrogens is 4. The Hall–Kier alpha value is -6.22. The van der Waals surface area contributed by atoms with Crippen LogP contribution >= 0.6 is 0 Å². The van der Waals surface area contributed by atoms with E-state index in [1.807, 2.05) is 97.1 Å². The number of aliphatic hydroxyl groups excluding tert-OH is 2. The van der Waals surface area contributed by atoms with Gasteiger partial charge in [-0.3, -0.25) is 9.59 Å². The molecule has 0 spiro atoms. The molecule has 10 rings (SSSR count). The van der Waals surface area contributed by atoms with E-state index in [9.17, 15) is 19.8 Å². The first-order valence-electron chi connectivity index (χ1n) is 15.8. The fraction of sp³-hybridized carbons (Fsp3) is 0.0500. The van der Waals surface area contributed by atoms with Gasteiger partial charge in [0.25, 0.3) is 0 Å². The molecule has 2 aliphatic rings. The minimum atomic E-state index is -2.02. The van der Waals surface area contributed by atoms with Gasteiger partial charge in [0.05, 0.1) is 33.2 Å². The van der Waals surface area contributed by atoms with E-state index in [1.54, 1.807) is 0 Å². The zero-order valence-electron chi connectivity index (χ0n) is 25.3. The normalized spacial score (nSPS) is 17.7. The zero-order valence-corrected chi connectivity index (χ0v) is 25.3. The molecule has 8 nitrogen and oxygen atoms in total. The van der Waals surface area contributed by atoms with Crippen molar-refractivity contribution in [1.82, 2.24) is 19.9 Å². The fourth-order valence-electron chi connectivity index (χ4n) is 7.68. The number of carbonyl (C=O) groups is 2. The Labute approximate surface area is 270 Å². The molecular weight excluding hydrogens is 600 g/mol. The summed E-state index contributed by atoms with van der Waals surface area (Å²) in [6.45, 7) is 0. The van der Waals surface area contributed by atoms with Crippen molar-refractivity contribution >= 4 is 78.0 Å². The van der Waals surface area contributed by atoms with Gasteiger partial charge in [0.15, 0.2) is 23.8 Å². The van der Waals surface area contributed by atoms with E-state index in [0.717, 1.165) is 54.4 Å². The SMILES string of the molecule is O=C1C2=c3[nH]c(c4ccccc34)=Cc3[nH]c(c4ccccc34)C=c3[nH]c(c4ccccc34)=C(C(=O)[C@H](O)[C@@H]1O)c1[nH]c2c2ccccc12. The number of benzene rings is 4. The van der Waals surface area contributed by atoms with Crippen LogP contribution in [-0.4, -0.2) is 53.9 Å². The number of fused-ring (bicyclic) bond motifs is 16. The maximum atomic E-state index is 14.5.